The van der Waals surface area contributed by atoms with Gasteiger partial charge in [0.15, 0.2) is 0 Å². The fraction of sp³-hybridized carbons (Fsp3) is 0.929. The molecule has 1 amide bonds. The molecule has 0 spiro atoms. The Labute approximate surface area is 105 Å². The van der Waals surface area contributed by atoms with Gasteiger partial charge in [-0.05, 0) is 43.6 Å². The van der Waals surface area contributed by atoms with Crippen LogP contribution in [-0.2, 0) is 4.79 Å². The predicted octanol–water partition coefficient (Wildman–Crippen LogP) is 2.07. The first-order chi connectivity index (χ1) is 8.08. The van der Waals surface area contributed by atoms with Gasteiger partial charge in [-0.25, -0.2) is 0 Å². The van der Waals surface area contributed by atoms with Gasteiger partial charge in [0.2, 0.25) is 5.91 Å². The van der Waals surface area contributed by atoms with Gasteiger partial charge in [-0.1, -0.05) is 20.3 Å². The van der Waals surface area contributed by atoms with Crippen molar-refractivity contribution in [2.45, 2.75) is 58.4 Å². The van der Waals surface area contributed by atoms with Crippen LogP contribution in [0.15, 0.2) is 0 Å². The zero-order valence-electron chi connectivity index (χ0n) is 11.2. The van der Waals surface area contributed by atoms with E-state index >= 15 is 0 Å². The van der Waals surface area contributed by atoms with Gasteiger partial charge in [-0.15, -0.1) is 0 Å². The lowest BCUT2D eigenvalue weighted by Gasteiger charge is -2.40. The van der Waals surface area contributed by atoms with Crippen LogP contribution in [0.5, 0.6) is 0 Å². The van der Waals surface area contributed by atoms with E-state index in [0.717, 1.165) is 25.4 Å². The van der Waals surface area contributed by atoms with Gasteiger partial charge in [0.05, 0.1) is 0 Å². The monoisotopic (exact) mass is 238 g/mol. The van der Waals surface area contributed by atoms with Gasteiger partial charge < -0.3 is 10.6 Å². The number of carbonyl (C=O) groups excluding carboxylic acids is 1. The van der Waals surface area contributed by atoms with E-state index in [1.807, 2.05) is 0 Å². The van der Waals surface area contributed by atoms with E-state index in [2.05, 4.69) is 24.5 Å². The van der Waals surface area contributed by atoms with Crippen LogP contribution in [0.2, 0.25) is 0 Å². The maximum absolute atomic E-state index is 11.8. The van der Waals surface area contributed by atoms with Crippen LogP contribution in [-0.4, -0.2) is 25.0 Å². The lowest BCUT2D eigenvalue weighted by molar-refractivity contribution is -0.122. The minimum Gasteiger partial charge on any atom is -0.356 e. The molecule has 1 aliphatic heterocycles. The Bertz CT molecular complexity index is 265. The first-order valence-corrected chi connectivity index (χ1v) is 7.08. The maximum Gasteiger partial charge on any atom is 0.221 e. The molecule has 1 atom stereocenters. The number of hydrogen-bond acceptors (Lipinski definition) is 2. The molecule has 98 valence electrons. The summed E-state index contributed by atoms with van der Waals surface area (Å²) in [7, 11) is 0. The van der Waals surface area contributed by atoms with Gasteiger partial charge in [-0.2, -0.15) is 0 Å². The molecule has 0 bridgehead atoms. The summed E-state index contributed by atoms with van der Waals surface area (Å²) >= 11 is 0. The molecule has 0 radical (unpaired) electrons. The lowest BCUT2D eigenvalue weighted by atomic mass is 9.67. The van der Waals surface area contributed by atoms with E-state index in [-0.39, 0.29) is 11.3 Å². The van der Waals surface area contributed by atoms with Crippen LogP contribution in [0.25, 0.3) is 0 Å². The molecular formula is C14H26N2O. The molecule has 1 saturated heterocycles. The lowest BCUT2D eigenvalue weighted by Crippen LogP contribution is -2.42. The summed E-state index contributed by atoms with van der Waals surface area (Å²) in [6.45, 7) is 6.48. The second-order valence-electron chi connectivity index (χ2n) is 6.39. The fourth-order valence-corrected chi connectivity index (χ4v) is 2.89. The van der Waals surface area contributed by atoms with Crippen LogP contribution in [0, 0.1) is 11.3 Å². The highest BCUT2D eigenvalue weighted by atomic mass is 16.1. The molecule has 2 fully saturated rings. The number of rotatable bonds is 5. The second kappa shape index (κ2) is 5.38. The smallest absolute Gasteiger partial charge is 0.221 e. The highest BCUT2D eigenvalue weighted by Crippen LogP contribution is 2.41. The zero-order chi connectivity index (χ0) is 12.3. The number of nitrogens with one attached hydrogen (secondary N) is 2. The zero-order valence-corrected chi connectivity index (χ0v) is 11.2. The molecule has 0 aromatic rings. The highest BCUT2D eigenvalue weighted by Gasteiger charge is 2.34. The Hall–Kier alpha value is -0.570. The number of amides is 1. The van der Waals surface area contributed by atoms with Crippen LogP contribution < -0.4 is 10.6 Å². The summed E-state index contributed by atoms with van der Waals surface area (Å²) in [5, 5.41) is 6.49. The first kappa shape index (κ1) is 12.9. The van der Waals surface area contributed by atoms with Crippen LogP contribution in [0.4, 0.5) is 0 Å². The number of hydrogen-bond donors (Lipinski definition) is 2. The largest absolute Gasteiger partial charge is 0.356 e. The Morgan fingerprint density at radius 1 is 1.29 bits per heavy atom. The quantitative estimate of drug-likeness (QED) is 0.770. The van der Waals surface area contributed by atoms with Crippen molar-refractivity contribution in [1.82, 2.24) is 10.6 Å². The highest BCUT2D eigenvalue weighted by molar-refractivity contribution is 5.76. The van der Waals surface area contributed by atoms with E-state index in [9.17, 15) is 4.79 Å². The Balaban J connectivity index is 1.67. The second-order valence-corrected chi connectivity index (χ2v) is 6.39. The summed E-state index contributed by atoms with van der Waals surface area (Å²) in [5.74, 6) is 1.03. The molecule has 1 heterocycles. The van der Waals surface area contributed by atoms with Crippen molar-refractivity contribution in [2.75, 3.05) is 13.1 Å². The van der Waals surface area contributed by atoms with Crippen LogP contribution >= 0.6 is 0 Å². The van der Waals surface area contributed by atoms with Gasteiger partial charge in [0.1, 0.15) is 0 Å². The molecular weight excluding hydrogens is 212 g/mol. The minimum atomic E-state index is 0.219. The number of carbonyl (C=O) groups is 1. The molecule has 3 heteroatoms. The summed E-state index contributed by atoms with van der Waals surface area (Å²) < 4.78 is 0. The molecule has 17 heavy (non-hydrogen) atoms. The Morgan fingerprint density at radius 2 is 2.06 bits per heavy atom. The van der Waals surface area contributed by atoms with Gasteiger partial charge in [0.25, 0.3) is 0 Å². The molecule has 0 aromatic heterocycles. The fourth-order valence-electron chi connectivity index (χ4n) is 2.89. The normalized spacial score (nSPS) is 25.6. The van der Waals surface area contributed by atoms with E-state index in [1.165, 1.54) is 25.7 Å². The molecule has 1 saturated carbocycles. The van der Waals surface area contributed by atoms with Crippen molar-refractivity contribution in [3.8, 4) is 0 Å². The Kier molecular flexibility index (Phi) is 4.08. The van der Waals surface area contributed by atoms with Crippen molar-refractivity contribution in [3.05, 3.63) is 0 Å². The summed E-state index contributed by atoms with van der Waals surface area (Å²) in [5.41, 5.74) is 0.275. The van der Waals surface area contributed by atoms with E-state index in [1.54, 1.807) is 0 Å². The molecule has 1 unspecified atom stereocenters. The average molecular weight is 238 g/mol. The van der Waals surface area contributed by atoms with Crippen molar-refractivity contribution in [3.63, 3.8) is 0 Å². The molecule has 2 aliphatic rings. The van der Waals surface area contributed by atoms with E-state index in [4.69, 9.17) is 0 Å². The third kappa shape index (κ3) is 3.44. The van der Waals surface area contributed by atoms with Crippen LogP contribution in [0.1, 0.15) is 52.4 Å². The molecule has 3 nitrogen and oxygen atoms in total. The van der Waals surface area contributed by atoms with Crippen molar-refractivity contribution in [1.29, 1.82) is 0 Å². The Morgan fingerprint density at radius 3 is 2.59 bits per heavy atom. The van der Waals surface area contributed by atoms with Gasteiger partial charge >= 0.3 is 0 Å². The molecule has 0 aromatic carbocycles. The third-order valence-electron chi connectivity index (χ3n) is 4.55. The first-order valence-electron chi connectivity index (χ1n) is 7.08. The van der Waals surface area contributed by atoms with Crippen molar-refractivity contribution >= 4 is 5.91 Å². The van der Waals surface area contributed by atoms with Gasteiger partial charge in [-0.3, -0.25) is 4.79 Å². The van der Waals surface area contributed by atoms with E-state index < -0.39 is 0 Å². The maximum atomic E-state index is 11.8. The van der Waals surface area contributed by atoms with Gasteiger partial charge in [0, 0.05) is 19.0 Å². The van der Waals surface area contributed by atoms with Crippen LogP contribution in [0.3, 0.4) is 0 Å². The minimum absolute atomic E-state index is 0.219. The van der Waals surface area contributed by atoms with Crippen molar-refractivity contribution < 1.29 is 4.79 Å². The van der Waals surface area contributed by atoms with Crippen molar-refractivity contribution in [2.24, 2.45) is 11.3 Å². The third-order valence-corrected chi connectivity index (χ3v) is 4.55. The summed E-state index contributed by atoms with van der Waals surface area (Å²) in [6, 6.07) is 0.418. The molecule has 1 aliphatic carbocycles. The summed E-state index contributed by atoms with van der Waals surface area (Å²) in [6.07, 6.45) is 7.07. The van der Waals surface area contributed by atoms with E-state index in [0.29, 0.717) is 12.5 Å². The molecule has 2 rings (SSSR count). The molecule has 2 N–H and O–H groups in total. The SMILES string of the molecule is CC(C)(CNC(=O)CC1CCCN1)C1CCC1. The summed E-state index contributed by atoms with van der Waals surface area (Å²) in [4.78, 5) is 11.8. The predicted molar refractivity (Wildman–Crippen MR) is 69.8 cm³/mol. The topological polar surface area (TPSA) is 41.1 Å². The standard InChI is InChI=1S/C14H26N2O/c1-14(2,11-5-3-6-11)10-16-13(17)9-12-7-4-8-15-12/h11-12,15H,3-10H2,1-2H3,(H,16,17). The average Bonchev–Trinajstić information content (AvgIpc) is 2.64.